The lowest BCUT2D eigenvalue weighted by Crippen LogP contribution is -2.10. The van der Waals surface area contributed by atoms with Crippen LogP contribution in [0.1, 0.15) is 64.9 Å². The van der Waals surface area contributed by atoms with Crippen LogP contribution in [0, 0.1) is 0 Å². The quantitative estimate of drug-likeness (QED) is 0.281. The highest BCUT2D eigenvalue weighted by molar-refractivity contribution is 14.1. The Labute approximate surface area is 138 Å². The van der Waals surface area contributed by atoms with E-state index in [1.54, 1.807) is 0 Å². The number of rotatable bonds is 9. The van der Waals surface area contributed by atoms with Crippen molar-refractivity contribution >= 4 is 22.6 Å². The molecule has 0 spiro atoms. The Morgan fingerprint density at radius 2 is 1.40 bits per heavy atom. The SMILES string of the molecule is CC(C)(C)c1ccc(OCCCCCCCCI)cc1. The molecule has 0 radical (unpaired) electrons. The van der Waals surface area contributed by atoms with E-state index in [0.29, 0.717) is 0 Å². The van der Waals surface area contributed by atoms with Crippen molar-refractivity contribution in [1.29, 1.82) is 0 Å². The third-order valence-electron chi connectivity index (χ3n) is 3.52. The smallest absolute Gasteiger partial charge is 0.119 e. The van der Waals surface area contributed by atoms with E-state index in [4.69, 9.17) is 4.74 Å². The van der Waals surface area contributed by atoms with Gasteiger partial charge < -0.3 is 4.74 Å². The van der Waals surface area contributed by atoms with E-state index < -0.39 is 0 Å². The predicted molar refractivity (Wildman–Crippen MR) is 97.2 cm³/mol. The van der Waals surface area contributed by atoms with Crippen molar-refractivity contribution in [2.45, 2.75) is 64.7 Å². The molecular weight excluding hydrogens is 359 g/mol. The molecule has 0 aliphatic rings. The van der Waals surface area contributed by atoms with Gasteiger partial charge in [-0.05, 0) is 40.4 Å². The van der Waals surface area contributed by atoms with Gasteiger partial charge in [0.1, 0.15) is 5.75 Å². The van der Waals surface area contributed by atoms with Crippen molar-refractivity contribution in [1.82, 2.24) is 0 Å². The van der Waals surface area contributed by atoms with Gasteiger partial charge in [-0.2, -0.15) is 0 Å². The van der Waals surface area contributed by atoms with E-state index in [1.165, 1.54) is 48.5 Å². The first kappa shape index (κ1) is 17.8. The summed E-state index contributed by atoms with van der Waals surface area (Å²) in [4.78, 5) is 0. The lowest BCUT2D eigenvalue weighted by molar-refractivity contribution is 0.304. The van der Waals surface area contributed by atoms with Gasteiger partial charge in [0.05, 0.1) is 6.61 Å². The highest BCUT2D eigenvalue weighted by atomic mass is 127. The van der Waals surface area contributed by atoms with E-state index in [9.17, 15) is 0 Å². The highest BCUT2D eigenvalue weighted by Crippen LogP contribution is 2.24. The molecule has 1 nitrogen and oxygen atoms in total. The van der Waals surface area contributed by atoms with Crippen molar-refractivity contribution in [2.24, 2.45) is 0 Å². The largest absolute Gasteiger partial charge is 0.494 e. The Bertz CT molecular complexity index is 351. The molecule has 0 amide bonds. The van der Waals surface area contributed by atoms with Crippen molar-refractivity contribution in [3.8, 4) is 5.75 Å². The molecule has 0 saturated carbocycles. The van der Waals surface area contributed by atoms with Gasteiger partial charge >= 0.3 is 0 Å². The molecule has 0 aliphatic carbocycles. The van der Waals surface area contributed by atoms with Gasteiger partial charge in [-0.1, -0.05) is 81.2 Å². The maximum absolute atomic E-state index is 5.80. The topological polar surface area (TPSA) is 9.23 Å². The summed E-state index contributed by atoms with van der Waals surface area (Å²) in [6, 6.07) is 8.56. The fourth-order valence-electron chi connectivity index (χ4n) is 2.14. The molecule has 1 aromatic rings. The molecule has 0 saturated heterocycles. The number of hydrogen-bond donors (Lipinski definition) is 0. The Kier molecular flexibility index (Phi) is 8.58. The molecule has 0 aromatic heterocycles. The first-order valence-electron chi connectivity index (χ1n) is 7.83. The zero-order chi connectivity index (χ0) is 14.8. The number of unbranched alkanes of at least 4 members (excludes halogenated alkanes) is 5. The van der Waals surface area contributed by atoms with Crippen LogP contribution in [0.4, 0.5) is 0 Å². The molecule has 0 unspecified atom stereocenters. The lowest BCUT2D eigenvalue weighted by Gasteiger charge is -2.19. The standard InChI is InChI=1S/C18H29IO/c1-18(2,3)16-10-12-17(13-11-16)20-15-9-7-5-4-6-8-14-19/h10-13H,4-9,14-15H2,1-3H3. The van der Waals surface area contributed by atoms with Crippen LogP contribution in [0.15, 0.2) is 24.3 Å². The normalized spacial score (nSPS) is 11.6. The van der Waals surface area contributed by atoms with Gasteiger partial charge in [0.2, 0.25) is 0 Å². The van der Waals surface area contributed by atoms with Crippen LogP contribution in [0.3, 0.4) is 0 Å². The Balaban J connectivity index is 2.13. The van der Waals surface area contributed by atoms with Gasteiger partial charge in [0, 0.05) is 0 Å². The number of halogens is 1. The van der Waals surface area contributed by atoms with Crippen molar-refractivity contribution in [2.75, 3.05) is 11.0 Å². The average molecular weight is 388 g/mol. The van der Waals surface area contributed by atoms with Crippen LogP contribution in [0.25, 0.3) is 0 Å². The minimum Gasteiger partial charge on any atom is -0.494 e. The fraction of sp³-hybridized carbons (Fsp3) is 0.667. The van der Waals surface area contributed by atoms with Crippen LogP contribution in [-0.2, 0) is 5.41 Å². The summed E-state index contributed by atoms with van der Waals surface area (Å²) in [6.07, 6.45) is 7.95. The molecule has 0 heterocycles. The minimum atomic E-state index is 0.219. The highest BCUT2D eigenvalue weighted by Gasteiger charge is 2.12. The Hall–Kier alpha value is -0.250. The van der Waals surface area contributed by atoms with Crippen LogP contribution < -0.4 is 4.74 Å². The van der Waals surface area contributed by atoms with Gasteiger partial charge in [0.25, 0.3) is 0 Å². The number of ether oxygens (including phenoxy) is 1. The second-order valence-electron chi connectivity index (χ2n) is 6.43. The van der Waals surface area contributed by atoms with Crippen molar-refractivity contribution in [3.63, 3.8) is 0 Å². The maximum atomic E-state index is 5.80. The van der Waals surface area contributed by atoms with Gasteiger partial charge in [0.15, 0.2) is 0 Å². The molecule has 0 N–H and O–H groups in total. The van der Waals surface area contributed by atoms with Crippen LogP contribution in [0.2, 0.25) is 0 Å². The van der Waals surface area contributed by atoms with Gasteiger partial charge in [-0.3, -0.25) is 0 Å². The van der Waals surface area contributed by atoms with Crippen LogP contribution in [0.5, 0.6) is 5.75 Å². The molecule has 1 rings (SSSR count). The minimum absolute atomic E-state index is 0.219. The van der Waals surface area contributed by atoms with E-state index in [-0.39, 0.29) is 5.41 Å². The number of benzene rings is 1. The summed E-state index contributed by atoms with van der Waals surface area (Å²) < 4.78 is 7.10. The third-order valence-corrected chi connectivity index (χ3v) is 4.28. The average Bonchev–Trinajstić information content (AvgIpc) is 2.41. The first-order valence-corrected chi connectivity index (χ1v) is 9.36. The van der Waals surface area contributed by atoms with Crippen LogP contribution in [-0.4, -0.2) is 11.0 Å². The van der Waals surface area contributed by atoms with Gasteiger partial charge in [-0.25, -0.2) is 0 Å². The Morgan fingerprint density at radius 3 is 1.95 bits per heavy atom. The summed E-state index contributed by atoms with van der Waals surface area (Å²) in [7, 11) is 0. The fourth-order valence-corrected chi connectivity index (χ4v) is 2.68. The second-order valence-corrected chi connectivity index (χ2v) is 7.51. The predicted octanol–water partition coefficient (Wildman–Crippen LogP) is 6.14. The number of alkyl halides is 1. The zero-order valence-corrected chi connectivity index (χ0v) is 15.4. The van der Waals surface area contributed by atoms with E-state index in [2.05, 4.69) is 67.6 Å². The molecule has 0 atom stereocenters. The molecule has 0 fully saturated rings. The van der Waals surface area contributed by atoms with Gasteiger partial charge in [-0.15, -0.1) is 0 Å². The summed E-state index contributed by atoms with van der Waals surface area (Å²) in [5.74, 6) is 1.00. The maximum Gasteiger partial charge on any atom is 0.119 e. The van der Waals surface area contributed by atoms with Crippen molar-refractivity contribution in [3.05, 3.63) is 29.8 Å². The summed E-state index contributed by atoms with van der Waals surface area (Å²) in [5.41, 5.74) is 1.58. The van der Waals surface area contributed by atoms with E-state index in [0.717, 1.165) is 12.4 Å². The summed E-state index contributed by atoms with van der Waals surface area (Å²) >= 11 is 2.46. The lowest BCUT2D eigenvalue weighted by atomic mass is 9.87. The summed E-state index contributed by atoms with van der Waals surface area (Å²) in [5, 5.41) is 0. The zero-order valence-electron chi connectivity index (χ0n) is 13.3. The second kappa shape index (κ2) is 9.64. The van der Waals surface area contributed by atoms with Crippen LogP contribution >= 0.6 is 22.6 Å². The molecular formula is C18H29IO. The molecule has 114 valence electrons. The first-order chi connectivity index (χ1) is 9.54. The summed E-state index contributed by atoms with van der Waals surface area (Å²) in [6.45, 7) is 7.56. The monoisotopic (exact) mass is 388 g/mol. The Morgan fingerprint density at radius 1 is 0.850 bits per heavy atom. The van der Waals surface area contributed by atoms with E-state index >= 15 is 0 Å². The molecule has 1 aromatic carbocycles. The third kappa shape index (κ3) is 7.51. The number of hydrogen-bond acceptors (Lipinski definition) is 1. The molecule has 2 heteroatoms. The van der Waals surface area contributed by atoms with E-state index in [1.807, 2.05) is 0 Å². The van der Waals surface area contributed by atoms with Crippen molar-refractivity contribution < 1.29 is 4.74 Å². The molecule has 0 aliphatic heterocycles. The molecule has 0 bridgehead atoms. The molecule has 20 heavy (non-hydrogen) atoms.